The van der Waals surface area contributed by atoms with Gasteiger partial charge in [-0.3, -0.25) is 9.89 Å². The summed E-state index contributed by atoms with van der Waals surface area (Å²) in [6, 6.07) is 14.7. The van der Waals surface area contributed by atoms with Crippen LogP contribution in [0.2, 0.25) is 5.02 Å². The van der Waals surface area contributed by atoms with E-state index in [1.165, 1.54) is 6.20 Å². The van der Waals surface area contributed by atoms with E-state index in [1.807, 2.05) is 42.5 Å². The summed E-state index contributed by atoms with van der Waals surface area (Å²) < 4.78 is 0. The van der Waals surface area contributed by atoms with Crippen LogP contribution in [0.5, 0.6) is 0 Å². The molecular weight excluding hydrogens is 326 g/mol. The molecular formula is C18H16ClN3O2. The Kier molecular flexibility index (Phi) is 4.93. The highest BCUT2D eigenvalue weighted by Crippen LogP contribution is 2.28. The zero-order chi connectivity index (χ0) is 16.9. The number of carbonyl (C=O) groups is 1. The minimum absolute atomic E-state index is 0.0668. The van der Waals surface area contributed by atoms with Gasteiger partial charge in [-0.2, -0.15) is 5.10 Å². The Morgan fingerprint density at radius 2 is 1.83 bits per heavy atom. The SMILES string of the molecule is O=C(NCc1ccccc1CO)c1cn[nH]c1-c1ccccc1Cl. The van der Waals surface area contributed by atoms with Crippen LogP contribution in [0.3, 0.4) is 0 Å². The number of aliphatic hydroxyl groups is 1. The maximum absolute atomic E-state index is 12.5. The second-order valence-corrected chi connectivity index (χ2v) is 5.66. The molecule has 0 aliphatic carbocycles. The van der Waals surface area contributed by atoms with E-state index in [0.717, 1.165) is 16.7 Å². The van der Waals surface area contributed by atoms with Crippen molar-refractivity contribution in [3.63, 3.8) is 0 Å². The highest BCUT2D eigenvalue weighted by atomic mass is 35.5. The van der Waals surface area contributed by atoms with Gasteiger partial charge in [0.2, 0.25) is 0 Å². The van der Waals surface area contributed by atoms with Crippen LogP contribution in [0, 0.1) is 0 Å². The summed E-state index contributed by atoms with van der Waals surface area (Å²) in [5.74, 6) is -0.258. The number of aromatic amines is 1. The second kappa shape index (κ2) is 7.29. The molecule has 0 atom stereocenters. The lowest BCUT2D eigenvalue weighted by Gasteiger charge is -2.09. The summed E-state index contributed by atoms with van der Waals surface area (Å²) in [6.45, 7) is 0.255. The van der Waals surface area contributed by atoms with Crippen molar-refractivity contribution in [3.8, 4) is 11.3 Å². The third-order valence-corrected chi connectivity index (χ3v) is 4.08. The van der Waals surface area contributed by atoms with Crippen LogP contribution in [0.1, 0.15) is 21.5 Å². The van der Waals surface area contributed by atoms with Crippen molar-refractivity contribution in [2.45, 2.75) is 13.2 Å². The van der Waals surface area contributed by atoms with E-state index < -0.39 is 0 Å². The van der Waals surface area contributed by atoms with Gasteiger partial charge in [0, 0.05) is 17.1 Å². The third kappa shape index (κ3) is 3.32. The van der Waals surface area contributed by atoms with E-state index >= 15 is 0 Å². The fourth-order valence-electron chi connectivity index (χ4n) is 2.48. The lowest BCUT2D eigenvalue weighted by atomic mass is 10.1. The minimum atomic E-state index is -0.258. The lowest BCUT2D eigenvalue weighted by molar-refractivity contribution is 0.0951. The quantitative estimate of drug-likeness (QED) is 0.667. The van der Waals surface area contributed by atoms with Gasteiger partial charge in [-0.25, -0.2) is 0 Å². The van der Waals surface area contributed by atoms with Crippen LogP contribution < -0.4 is 5.32 Å². The topological polar surface area (TPSA) is 78.0 Å². The van der Waals surface area contributed by atoms with Crippen LogP contribution in [0.25, 0.3) is 11.3 Å². The summed E-state index contributed by atoms with van der Waals surface area (Å²) in [6.07, 6.45) is 1.48. The first-order valence-corrected chi connectivity index (χ1v) is 7.82. The van der Waals surface area contributed by atoms with E-state index in [4.69, 9.17) is 11.6 Å². The van der Waals surface area contributed by atoms with Crippen LogP contribution in [-0.4, -0.2) is 21.2 Å². The second-order valence-electron chi connectivity index (χ2n) is 5.25. The van der Waals surface area contributed by atoms with E-state index in [9.17, 15) is 9.90 Å². The van der Waals surface area contributed by atoms with Gasteiger partial charge in [0.1, 0.15) is 0 Å². The molecule has 5 nitrogen and oxygen atoms in total. The molecule has 0 saturated carbocycles. The maximum atomic E-state index is 12.5. The third-order valence-electron chi connectivity index (χ3n) is 3.76. The summed E-state index contributed by atoms with van der Waals surface area (Å²) >= 11 is 6.20. The Morgan fingerprint density at radius 1 is 1.12 bits per heavy atom. The molecule has 122 valence electrons. The average molecular weight is 342 g/mol. The number of H-pyrrole nitrogens is 1. The molecule has 1 amide bonds. The number of carbonyl (C=O) groups excluding carboxylic acids is 1. The van der Waals surface area contributed by atoms with Crippen molar-refractivity contribution in [2.75, 3.05) is 0 Å². The molecule has 0 spiro atoms. The Labute approximate surface area is 144 Å². The lowest BCUT2D eigenvalue weighted by Crippen LogP contribution is -2.23. The number of aliphatic hydroxyl groups excluding tert-OH is 1. The predicted octanol–water partition coefficient (Wildman–Crippen LogP) is 3.15. The summed E-state index contributed by atoms with van der Waals surface area (Å²) in [5.41, 5.74) is 3.38. The molecule has 0 aliphatic rings. The van der Waals surface area contributed by atoms with Crippen molar-refractivity contribution >= 4 is 17.5 Å². The smallest absolute Gasteiger partial charge is 0.255 e. The normalized spacial score (nSPS) is 10.6. The van der Waals surface area contributed by atoms with E-state index in [-0.39, 0.29) is 12.5 Å². The van der Waals surface area contributed by atoms with Crippen LogP contribution in [0.4, 0.5) is 0 Å². The molecule has 3 rings (SSSR count). The standard InChI is InChI=1S/C18H16ClN3O2/c19-16-8-4-3-7-14(16)17-15(10-21-22-17)18(24)20-9-12-5-1-2-6-13(12)11-23/h1-8,10,23H,9,11H2,(H,20,24)(H,21,22). The molecule has 0 aliphatic heterocycles. The van der Waals surface area contributed by atoms with Gasteiger partial charge < -0.3 is 10.4 Å². The van der Waals surface area contributed by atoms with Gasteiger partial charge in [-0.15, -0.1) is 0 Å². The van der Waals surface area contributed by atoms with E-state index in [0.29, 0.717) is 22.8 Å². The summed E-state index contributed by atoms with van der Waals surface area (Å²) in [5, 5.41) is 19.5. The van der Waals surface area contributed by atoms with Crippen molar-refractivity contribution in [3.05, 3.63) is 76.4 Å². The number of nitrogens with one attached hydrogen (secondary N) is 2. The Morgan fingerprint density at radius 3 is 2.58 bits per heavy atom. The summed E-state index contributed by atoms with van der Waals surface area (Å²) in [4.78, 5) is 12.5. The van der Waals surface area contributed by atoms with Crippen molar-refractivity contribution in [2.24, 2.45) is 0 Å². The highest BCUT2D eigenvalue weighted by Gasteiger charge is 2.17. The molecule has 2 aromatic carbocycles. The zero-order valence-electron chi connectivity index (χ0n) is 12.8. The fourth-order valence-corrected chi connectivity index (χ4v) is 2.71. The molecule has 3 N–H and O–H groups in total. The number of hydrogen-bond donors (Lipinski definition) is 3. The van der Waals surface area contributed by atoms with Gasteiger partial charge in [-0.05, 0) is 17.2 Å². The molecule has 0 unspecified atom stereocenters. The molecule has 0 fully saturated rings. The van der Waals surface area contributed by atoms with Crippen molar-refractivity contribution in [1.29, 1.82) is 0 Å². The number of halogens is 1. The van der Waals surface area contributed by atoms with Crippen LogP contribution in [-0.2, 0) is 13.2 Å². The van der Waals surface area contributed by atoms with Gasteiger partial charge in [0.15, 0.2) is 0 Å². The van der Waals surface area contributed by atoms with Gasteiger partial charge in [-0.1, -0.05) is 54.1 Å². The van der Waals surface area contributed by atoms with Gasteiger partial charge >= 0.3 is 0 Å². The molecule has 0 saturated heterocycles. The summed E-state index contributed by atoms with van der Waals surface area (Å²) in [7, 11) is 0. The number of rotatable bonds is 5. The van der Waals surface area contributed by atoms with E-state index in [1.54, 1.807) is 6.07 Å². The molecule has 3 aromatic rings. The molecule has 1 aromatic heterocycles. The first-order chi connectivity index (χ1) is 11.7. The monoisotopic (exact) mass is 341 g/mol. The highest BCUT2D eigenvalue weighted by molar-refractivity contribution is 6.33. The Balaban J connectivity index is 1.80. The van der Waals surface area contributed by atoms with Crippen molar-refractivity contribution in [1.82, 2.24) is 15.5 Å². The number of aromatic nitrogens is 2. The van der Waals surface area contributed by atoms with Crippen LogP contribution >= 0.6 is 11.6 Å². The number of nitrogens with zero attached hydrogens (tertiary/aromatic N) is 1. The van der Waals surface area contributed by atoms with Crippen molar-refractivity contribution < 1.29 is 9.90 Å². The van der Waals surface area contributed by atoms with Gasteiger partial charge in [0.25, 0.3) is 5.91 Å². The largest absolute Gasteiger partial charge is 0.392 e. The number of amides is 1. The fraction of sp³-hybridized carbons (Fsp3) is 0.111. The predicted molar refractivity (Wildman–Crippen MR) is 92.6 cm³/mol. The zero-order valence-corrected chi connectivity index (χ0v) is 13.5. The minimum Gasteiger partial charge on any atom is -0.392 e. The Hall–Kier alpha value is -2.63. The molecule has 0 bridgehead atoms. The first kappa shape index (κ1) is 16.2. The molecule has 6 heteroatoms. The van der Waals surface area contributed by atoms with Gasteiger partial charge in [0.05, 0.1) is 24.1 Å². The number of benzene rings is 2. The average Bonchev–Trinajstić information content (AvgIpc) is 3.10. The van der Waals surface area contributed by atoms with E-state index in [2.05, 4.69) is 15.5 Å². The first-order valence-electron chi connectivity index (χ1n) is 7.45. The Bertz CT molecular complexity index is 861. The maximum Gasteiger partial charge on any atom is 0.255 e. The molecule has 0 radical (unpaired) electrons. The van der Waals surface area contributed by atoms with Crippen LogP contribution in [0.15, 0.2) is 54.7 Å². The molecule has 24 heavy (non-hydrogen) atoms. The number of hydrogen-bond acceptors (Lipinski definition) is 3. The molecule has 1 heterocycles.